The van der Waals surface area contributed by atoms with Crippen LogP contribution in [0.5, 0.6) is 0 Å². The van der Waals surface area contributed by atoms with E-state index in [0.29, 0.717) is 23.6 Å². The standard InChI is InChI=1S/C9H18N2O2S/c1-7-4-11(8(2)3-10-7)9-5-14(12,13)6-9/h7-10H,3-6H2,1-2H3. The zero-order chi connectivity index (χ0) is 10.3. The minimum Gasteiger partial charge on any atom is -0.311 e. The second-order valence-electron chi connectivity index (χ2n) is 4.59. The van der Waals surface area contributed by atoms with Crippen LogP contribution in [-0.4, -0.2) is 56.0 Å². The lowest BCUT2D eigenvalue weighted by Gasteiger charge is -2.45. The van der Waals surface area contributed by atoms with Gasteiger partial charge >= 0.3 is 0 Å². The van der Waals surface area contributed by atoms with Gasteiger partial charge in [0.05, 0.1) is 11.5 Å². The van der Waals surface area contributed by atoms with Gasteiger partial charge in [-0.1, -0.05) is 0 Å². The van der Waals surface area contributed by atoms with Crippen LogP contribution in [0.4, 0.5) is 0 Å². The minimum atomic E-state index is -2.68. The molecule has 0 radical (unpaired) electrons. The Kier molecular flexibility index (Phi) is 2.57. The lowest BCUT2D eigenvalue weighted by Crippen LogP contribution is -2.63. The third kappa shape index (κ3) is 1.94. The van der Waals surface area contributed by atoms with Gasteiger partial charge in [0.15, 0.2) is 9.84 Å². The molecule has 2 aliphatic heterocycles. The Morgan fingerprint density at radius 1 is 1.29 bits per heavy atom. The molecule has 0 saturated carbocycles. The highest BCUT2D eigenvalue weighted by Gasteiger charge is 2.40. The summed E-state index contributed by atoms with van der Waals surface area (Å²) in [5.74, 6) is 0.730. The van der Waals surface area contributed by atoms with Crippen molar-refractivity contribution in [2.75, 3.05) is 24.6 Å². The summed E-state index contributed by atoms with van der Waals surface area (Å²) in [6, 6.07) is 1.22. The number of sulfone groups is 1. The van der Waals surface area contributed by atoms with Crippen LogP contribution in [0.15, 0.2) is 0 Å². The fourth-order valence-corrected chi connectivity index (χ4v) is 3.75. The molecule has 2 atom stereocenters. The third-order valence-corrected chi connectivity index (χ3v) is 4.96. The van der Waals surface area contributed by atoms with Crippen LogP contribution in [-0.2, 0) is 9.84 Å². The third-order valence-electron chi connectivity index (χ3n) is 3.17. The quantitative estimate of drug-likeness (QED) is 0.642. The summed E-state index contributed by atoms with van der Waals surface area (Å²) in [4.78, 5) is 2.34. The van der Waals surface area contributed by atoms with Crippen molar-refractivity contribution in [1.29, 1.82) is 0 Å². The van der Waals surface area contributed by atoms with Gasteiger partial charge < -0.3 is 5.32 Å². The van der Waals surface area contributed by atoms with Crippen LogP contribution >= 0.6 is 0 Å². The summed E-state index contributed by atoms with van der Waals surface area (Å²) < 4.78 is 22.2. The molecule has 0 aromatic heterocycles. The smallest absolute Gasteiger partial charge is 0.153 e. The van der Waals surface area contributed by atoms with Gasteiger partial charge in [-0.15, -0.1) is 0 Å². The number of nitrogens with one attached hydrogen (secondary N) is 1. The molecular formula is C9H18N2O2S. The highest BCUT2D eigenvalue weighted by Crippen LogP contribution is 2.21. The van der Waals surface area contributed by atoms with Crippen LogP contribution in [0.1, 0.15) is 13.8 Å². The van der Waals surface area contributed by atoms with Crippen molar-refractivity contribution < 1.29 is 8.42 Å². The molecule has 2 fully saturated rings. The van der Waals surface area contributed by atoms with Gasteiger partial charge in [0.25, 0.3) is 0 Å². The largest absolute Gasteiger partial charge is 0.311 e. The molecular weight excluding hydrogens is 200 g/mol. The molecule has 2 unspecified atom stereocenters. The highest BCUT2D eigenvalue weighted by atomic mass is 32.2. The maximum atomic E-state index is 11.1. The van der Waals surface area contributed by atoms with Gasteiger partial charge in [-0.3, -0.25) is 4.90 Å². The zero-order valence-corrected chi connectivity index (χ0v) is 9.55. The molecule has 2 heterocycles. The van der Waals surface area contributed by atoms with E-state index in [1.165, 1.54) is 0 Å². The molecule has 0 aliphatic carbocycles. The predicted octanol–water partition coefficient (Wildman–Crippen LogP) is -0.534. The van der Waals surface area contributed by atoms with Crippen molar-refractivity contribution in [2.24, 2.45) is 0 Å². The van der Waals surface area contributed by atoms with Crippen LogP contribution in [0.25, 0.3) is 0 Å². The first kappa shape index (κ1) is 10.4. The van der Waals surface area contributed by atoms with E-state index in [1.54, 1.807) is 0 Å². The van der Waals surface area contributed by atoms with E-state index < -0.39 is 9.84 Å². The maximum Gasteiger partial charge on any atom is 0.153 e. The average Bonchev–Trinajstić information content (AvgIpc) is 2.05. The molecule has 2 saturated heterocycles. The first-order valence-corrected chi connectivity index (χ1v) is 6.99. The molecule has 82 valence electrons. The summed E-state index contributed by atoms with van der Waals surface area (Å²) in [6.07, 6.45) is 0. The van der Waals surface area contributed by atoms with Crippen LogP contribution in [0.2, 0.25) is 0 Å². The maximum absolute atomic E-state index is 11.1. The summed E-state index contributed by atoms with van der Waals surface area (Å²) in [5.41, 5.74) is 0. The summed E-state index contributed by atoms with van der Waals surface area (Å²) in [7, 11) is -2.68. The highest BCUT2D eigenvalue weighted by molar-refractivity contribution is 7.92. The van der Waals surface area contributed by atoms with Crippen molar-refractivity contribution in [3.8, 4) is 0 Å². The van der Waals surface area contributed by atoms with E-state index >= 15 is 0 Å². The number of nitrogens with zero attached hydrogens (tertiary/aromatic N) is 1. The summed E-state index contributed by atoms with van der Waals surface area (Å²) in [6.45, 7) is 6.24. The van der Waals surface area contributed by atoms with E-state index in [4.69, 9.17) is 0 Å². The van der Waals surface area contributed by atoms with Gasteiger partial charge in [0, 0.05) is 31.2 Å². The Labute approximate surface area is 85.6 Å². The van der Waals surface area contributed by atoms with Crippen LogP contribution in [0, 0.1) is 0 Å². The summed E-state index contributed by atoms with van der Waals surface area (Å²) in [5, 5.41) is 3.39. The lowest BCUT2D eigenvalue weighted by atomic mass is 10.1. The Hall–Kier alpha value is -0.130. The second kappa shape index (κ2) is 3.47. The molecule has 2 aliphatic rings. The molecule has 14 heavy (non-hydrogen) atoms. The van der Waals surface area contributed by atoms with Crippen molar-refractivity contribution in [3.05, 3.63) is 0 Å². The van der Waals surface area contributed by atoms with Crippen LogP contribution < -0.4 is 5.32 Å². The molecule has 1 N–H and O–H groups in total. The van der Waals surface area contributed by atoms with Gasteiger partial charge in [0.1, 0.15) is 0 Å². The molecule has 2 rings (SSSR count). The van der Waals surface area contributed by atoms with Gasteiger partial charge in [-0.2, -0.15) is 0 Å². The summed E-state index contributed by atoms with van der Waals surface area (Å²) >= 11 is 0. The minimum absolute atomic E-state index is 0.277. The SMILES string of the molecule is CC1CN(C2CS(=O)(=O)C2)C(C)CN1. The van der Waals surface area contributed by atoms with Crippen molar-refractivity contribution in [3.63, 3.8) is 0 Å². The van der Waals surface area contributed by atoms with Crippen molar-refractivity contribution in [2.45, 2.75) is 32.0 Å². The molecule has 0 amide bonds. The molecule has 5 heteroatoms. The second-order valence-corrected chi connectivity index (χ2v) is 6.74. The average molecular weight is 218 g/mol. The Bertz CT molecular complexity index is 303. The van der Waals surface area contributed by atoms with E-state index in [1.807, 2.05) is 0 Å². The normalized spacial score (nSPS) is 39.3. The Morgan fingerprint density at radius 2 is 1.93 bits per heavy atom. The molecule has 0 bridgehead atoms. The number of hydrogen-bond acceptors (Lipinski definition) is 4. The molecule has 0 spiro atoms. The fourth-order valence-electron chi connectivity index (χ4n) is 2.29. The zero-order valence-electron chi connectivity index (χ0n) is 8.73. The fraction of sp³-hybridized carbons (Fsp3) is 1.00. The van der Waals surface area contributed by atoms with Crippen LogP contribution in [0.3, 0.4) is 0 Å². The van der Waals surface area contributed by atoms with E-state index in [-0.39, 0.29) is 6.04 Å². The Morgan fingerprint density at radius 3 is 2.50 bits per heavy atom. The number of hydrogen-bond donors (Lipinski definition) is 1. The monoisotopic (exact) mass is 218 g/mol. The number of rotatable bonds is 1. The lowest BCUT2D eigenvalue weighted by molar-refractivity contribution is 0.108. The first-order valence-electron chi connectivity index (χ1n) is 5.17. The van der Waals surface area contributed by atoms with Crippen molar-refractivity contribution >= 4 is 9.84 Å². The topological polar surface area (TPSA) is 49.4 Å². The van der Waals surface area contributed by atoms with E-state index in [0.717, 1.165) is 13.1 Å². The van der Waals surface area contributed by atoms with Gasteiger partial charge in [-0.25, -0.2) is 8.42 Å². The molecule has 4 nitrogen and oxygen atoms in total. The first-order chi connectivity index (χ1) is 6.48. The van der Waals surface area contributed by atoms with E-state index in [9.17, 15) is 8.42 Å². The number of piperazine rings is 1. The predicted molar refractivity (Wildman–Crippen MR) is 56.1 cm³/mol. The van der Waals surface area contributed by atoms with Gasteiger partial charge in [-0.05, 0) is 13.8 Å². The molecule has 0 aromatic rings. The van der Waals surface area contributed by atoms with Crippen molar-refractivity contribution in [1.82, 2.24) is 10.2 Å². The molecule has 0 aromatic carbocycles. The van der Waals surface area contributed by atoms with Gasteiger partial charge in [0.2, 0.25) is 0 Å². The van der Waals surface area contributed by atoms with E-state index in [2.05, 4.69) is 24.1 Å². The Balaban J connectivity index is 1.97.